The molecule has 4 nitrogen and oxygen atoms in total. The molecule has 1 heterocycles. The van der Waals surface area contributed by atoms with Crippen LogP contribution in [0.1, 0.15) is 5.89 Å². The van der Waals surface area contributed by atoms with Gasteiger partial charge in [0.05, 0.1) is 0 Å². The lowest BCUT2D eigenvalue weighted by Crippen LogP contribution is -2.03. The van der Waals surface area contributed by atoms with Crippen LogP contribution in [0.15, 0.2) is 4.42 Å². The van der Waals surface area contributed by atoms with Gasteiger partial charge in [0, 0.05) is 0 Å². The Morgan fingerprint density at radius 1 is 1.50 bits per heavy atom. The van der Waals surface area contributed by atoms with Crippen LogP contribution in [0, 0.1) is 0 Å². The number of nitrogens with two attached hydrogens (primary N) is 1. The van der Waals surface area contributed by atoms with Gasteiger partial charge in [-0.05, 0) is 11.6 Å². The van der Waals surface area contributed by atoms with Crippen molar-refractivity contribution in [2.24, 2.45) is 0 Å². The van der Waals surface area contributed by atoms with Gasteiger partial charge < -0.3 is 10.2 Å². The molecule has 0 aromatic carbocycles. The topological polar surface area (TPSA) is 64.9 Å². The van der Waals surface area contributed by atoms with Gasteiger partial charge >= 0.3 is 17.3 Å². The van der Waals surface area contributed by atoms with Crippen molar-refractivity contribution in [1.82, 2.24) is 10.2 Å². The lowest BCUT2D eigenvalue weighted by molar-refractivity contribution is 0.0628. The quantitative estimate of drug-likeness (QED) is 0.636. The Morgan fingerprint density at radius 2 is 2.10 bits per heavy atom. The van der Waals surface area contributed by atoms with E-state index < -0.39 is 17.3 Å². The van der Waals surface area contributed by atoms with Crippen LogP contribution in [-0.2, 0) is 5.38 Å². The first-order valence-corrected chi connectivity index (χ1v) is 2.54. The van der Waals surface area contributed by atoms with Crippen molar-refractivity contribution in [2.45, 2.75) is 5.38 Å². The normalized spacial score (nSPS) is 11.9. The van der Waals surface area contributed by atoms with E-state index in [0.717, 1.165) is 0 Å². The zero-order valence-electron chi connectivity index (χ0n) is 4.51. The lowest BCUT2D eigenvalue weighted by atomic mass is 10.7. The van der Waals surface area contributed by atoms with E-state index in [1.807, 2.05) is 0 Å². The third-order valence-electron chi connectivity index (χ3n) is 0.683. The molecule has 0 spiro atoms. The Kier molecular flexibility index (Phi) is 1.47. The van der Waals surface area contributed by atoms with Crippen molar-refractivity contribution in [3.63, 3.8) is 0 Å². The zero-order valence-corrected chi connectivity index (χ0v) is 5.27. The maximum absolute atomic E-state index is 12.0. The average Bonchev–Trinajstić information content (AvgIpc) is 2.11. The Hall–Kier alpha value is -0.910. The fourth-order valence-corrected chi connectivity index (χ4v) is 0.425. The van der Waals surface area contributed by atoms with Crippen LogP contribution in [0.4, 0.5) is 14.8 Å². The van der Waals surface area contributed by atoms with Gasteiger partial charge in [-0.3, -0.25) is 0 Å². The van der Waals surface area contributed by atoms with E-state index in [2.05, 4.69) is 26.2 Å². The summed E-state index contributed by atoms with van der Waals surface area (Å²) in [5.74, 6) is -0.994. The lowest BCUT2D eigenvalue weighted by Gasteiger charge is -1.97. The summed E-state index contributed by atoms with van der Waals surface area (Å²) in [6.07, 6.45) is 0. The maximum Gasteiger partial charge on any atom is 0.399 e. The van der Waals surface area contributed by atoms with Crippen LogP contribution in [0.2, 0.25) is 0 Å². The van der Waals surface area contributed by atoms with Crippen LogP contribution in [0.25, 0.3) is 0 Å². The monoisotopic (exact) mass is 169 g/mol. The number of hydrogen-bond acceptors (Lipinski definition) is 4. The number of halogens is 3. The van der Waals surface area contributed by atoms with Gasteiger partial charge in [0.25, 0.3) is 0 Å². The molecule has 0 radical (unpaired) electrons. The average molecular weight is 170 g/mol. The van der Waals surface area contributed by atoms with E-state index in [9.17, 15) is 8.78 Å². The number of aromatic nitrogens is 2. The van der Waals surface area contributed by atoms with Crippen LogP contribution >= 0.6 is 11.6 Å². The molecule has 0 aliphatic carbocycles. The number of hydrogen-bond donors (Lipinski definition) is 1. The number of nitrogens with zero attached hydrogens (tertiary/aromatic N) is 2. The van der Waals surface area contributed by atoms with Crippen molar-refractivity contribution in [2.75, 3.05) is 5.73 Å². The highest BCUT2D eigenvalue weighted by Crippen LogP contribution is 2.30. The molecule has 0 saturated heterocycles. The Balaban J connectivity index is 2.96. The summed E-state index contributed by atoms with van der Waals surface area (Å²) in [6.45, 7) is 0. The molecule has 1 aromatic rings. The van der Waals surface area contributed by atoms with Gasteiger partial charge in [0.15, 0.2) is 0 Å². The van der Waals surface area contributed by atoms with Crippen molar-refractivity contribution in [3.8, 4) is 0 Å². The second-order valence-corrected chi connectivity index (χ2v) is 1.92. The summed E-state index contributed by atoms with van der Waals surface area (Å²) in [7, 11) is 0. The Morgan fingerprint density at radius 3 is 2.30 bits per heavy atom. The molecule has 10 heavy (non-hydrogen) atoms. The SMILES string of the molecule is Nc1nnc(C(F)(F)Cl)o1. The van der Waals surface area contributed by atoms with E-state index in [1.165, 1.54) is 0 Å². The van der Waals surface area contributed by atoms with Crippen molar-refractivity contribution >= 4 is 17.6 Å². The summed E-state index contributed by atoms with van der Waals surface area (Å²) < 4.78 is 28.1. The smallest absolute Gasteiger partial charge is 0.399 e. The molecule has 0 fully saturated rings. The van der Waals surface area contributed by atoms with Crippen molar-refractivity contribution in [3.05, 3.63) is 5.89 Å². The molecule has 0 bridgehead atoms. The van der Waals surface area contributed by atoms with Crippen LogP contribution in [-0.4, -0.2) is 10.2 Å². The molecule has 2 N–H and O–H groups in total. The molecule has 0 aliphatic rings. The highest BCUT2D eigenvalue weighted by molar-refractivity contribution is 6.21. The highest BCUT2D eigenvalue weighted by Gasteiger charge is 2.34. The third kappa shape index (κ3) is 1.32. The molecule has 0 atom stereocenters. The van der Waals surface area contributed by atoms with Crippen LogP contribution in [0.3, 0.4) is 0 Å². The fourth-order valence-electron chi connectivity index (χ4n) is 0.349. The van der Waals surface area contributed by atoms with E-state index in [4.69, 9.17) is 5.73 Å². The predicted octanol–water partition coefficient (Wildman–Crippen LogP) is 0.940. The van der Waals surface area contributed by atoms with Crippen molar-refractivity contribution < 1.29 is 13.2 Å². The van der Waals surface area contributed by atoms with E-state index in [1.54, 1.807) is 0 Å². The Labute approximate surface area is 59.0 Å². The van der Waals surface area contributed by atoms with Gasteiger partial charge in [-0.25, -0.2) is 0 Å². The summed E-state index contributed by atoms with van der Waals surface area (Å²) in [6, 6.07) is -0.435. The van der Waals surface area contributed by atoms with Crippen molar-refractivity contribution in [1.29, 1.82) is 0 Å². The third-order valence-corrected chi connectivity index (χ3v) is 0.845. The molecule has 0 saturated carbocycles. The van der Waals surface area contributed by atoms with Crippen LogP contribution < -0.4 is 5.73 Å². The maximum atomic E-state index is 12.0. The second kappa shape index (κ2) is 2.05. The Bertz CT molecular complexity index is 232. The highest BCUT2D eigenvalue weighted by atomic mass is 35.5. The first-order chi connectivity index (χ1) is 4.50. The van der Waals surface area contributed by atoms with Gasteiger partial charge in [0.1, 0.15) is 0 Å². The van der Waals surface area contributed by atoms with E-state index in [-0.39, 0.29) is 0 Å². The molecule has 0 amide bonds. The van der Waals surface area contributed by atoms with Gasteiger partial charge in [-0.2, -0.15) is 8.78 Å². The van der Waals surface area contributed by atoms with Gasteiger partial charge in [-0.1, -0.05) is 5.10 Å². The number of nitrogen functional groups attached to an aromatic ring is 1. The molecule has 0 unspecified atom stereocenters. The van der Waals surface area contributed by atoms with Gasteiger partial charge in [0.2, 0.25) is 0 Å². The molecule has 1 aromatic heterocycles. The molecular formula is C3H2ClF2N3O. The van der Waals surface area contributed by atoms with Gasteiger partial charge in [-0.15, -0.1) is 5.10 Å². The number of alkyl halides is 3. The minimum atomic E-state index is -3.63. The predicted molar refractivity (Wildman–Crippen MR) is 28.5 cm³/mol. The standard InChI is InChI=1S/C3H2ClF2N3O/c4-3(5,6)1-8-9-2(7)10-1/h(H2,7,9). The molecule has 0 aliphatic heterocycles. The largest absolute Gasteiger partial charge is 0.401 e. The number of anilines is 1. The first-order valence-electron chi connectivity index (χ1n) is 2.16. The summed E-state index contributed by atoms with van der Waals surface area (Å²) in [5, 5.41) is 2.21. The van der Waals surface area contributed by atoms with Crippen LogP contribution in [0.5, 0.6) is 0 Å². The fraction of sp³-hybridized carbons (Fsp3) is 0.333. The summed E-state index contributed by atoms with van der Waals surface area (Å²) in [4.78, 5) is 0. The van der Waals surface area contributed by atoms with E-state index >= 15 is 0 Å². The second-order valence-electron chi connectivity index (χ2n) is 1.44. The minimum absolute atomic E-state index is 0.435. The minimum Gasteiger partial charge on any atom is -0.401 e. The molecule has 1 rings (SSSR count). The first kappa shape index (κ1) is 7.20. The molecule has 56 valence electrons. The zero-order chi connectivity index (χ0) is 7.78. The molecule has 7 heteroatoms. The summed E-state index contributed by atoms with van der Waals surface area (Å²) in [5.41, 5.74) is 4.84. The molecular weight excluding hydrogens is 168 g/mol. The van der Waals surface area contributed by atoms with E-state index in [0.29, 0.717) is 0 Å². The number of rotatable bonds is 1. The summed E-state index contributed by atoms with van der Waals surface area (Å²) >= 11 is 4.49.